The van der Waals surface area contributed by atoms with Crippen molar-refractivity contribution in [3.8, 4) is 0 Å². The van der Waals surface area contributed by atoms with Gasteiger partial charge in [0.15, 0.2) is 0 Å². The number of ether oxygens (including phenoxy) is 3. The van der Waals surface area contributed by atoms with Gasteiger partial charge in [0.2, 0.25) is 5.60 Å². The average molecular weight is 383 g/mol. The summed E-state index contributed by atoms with van der Waals surface area (Å²) >= 11 is 0. The monoisotopic (exact) mass is 383 g/mol. The van der Waals surface area contributed by atoms with Gasteiger partial charge in [-0.2, -0.15) is 0 Å². The van der Waals surface area contributed by atoms with Crippen molar-refractivity contribution < 1.29 is 33.7 Å². The Bertz CT molecular complexity index is 630. The molecule has 0 aromatic carbocycles. The van der Waals surface area contributed by atoms with Crippen molar-refractivity contribution in [2.45, 2.75) is 64.9 Å². The third-order valence-corrected chi connectivity index (χ3v) is 5.27. The molecule has 0 spiro atoms. The van der Waals surface area contributed by atoms with Crippen LogP contribution in [0.2, 0.25) is 0 Å². The van der Waals surface area contributed by atoms with Crippen molar-refractivity contribution in [2.75, 3.05) is 19.7 Å². The van der Waals surface area contributed by atoms with Crippen molar-refractivity contribution in [3.05, 3.63) is 11.6 Å². The molecule has 0 aromatic heterocycles. The lowest BCUT2D eigenvalue weighted by Crippen LogP contribution is -2.55. The van der Waals surface area contributed by atoms with Gasteiger partial charge in [0.1, 0.15) is 18.8 Å². The largest absolute Gasteiger partial charge is 0.460 e. The molecule has 0 saturated carbocycles. The first-order valence-electron chi connectivity index (χ1n) is 9.24. The molecule has 0 aromatic rings. The molecule has 2 aliphatic heterocycles. The molecule has 27 heavy (non-hydrogen) atoms. The molecule has 4 atom stereocenters. The summed E-state index contributed by atoms with van der Waals surface area (Å²) in [4.78, 5) is 37.3. The number of hydrogen-bond acceptors (Lipinski definition) is 8. The molecular formula is C19H29NO7. The van der Waals surface area contributed by atoms with Crippen LogP contribution < -0.4 is 0 Å². The second kappa shape index (κ2) is 8.39. The second-order valence-corrected chi connectivity index (χ2v) is 7.46. The fourth-order valence-electron chi connectivity index (χ4n) is 3.81. The molecule has 152 valence electrons. The lowest BCUT2D eigenvalue weighted by atomic mass is 9.85. The highest BCUT2D eigenvalue weighted by molar-refractivity contribution is 5.81. The number of fused-ring (bicyclic) bond motifs is 1. The summed E-state index contributed by atoms with van der Waals surface area (Å²) in [5.74, 6) is -2.28. The molecule has 2 heterocycles. The molecule has 0 bridgehead atoms. The van der Waals surface area contributed by atoms with Crippen LogP contribution in [0.25, 0.3) is 0 Å². The van der Waals surface area contributed by atoms with Gasteiger partial charge in [0.25, 0.3) is 0 Å². The van der Waals surface area contributed by atoms with Crippen LogP contribution in [0.1, 0.15) is 41.0 Å². The summed E-state index contributed by atoms with van der Waals surface area (Å²) in [6, 6.07) is -0.111. The van der Waals surface area contributed by atoms with E-state index in [0.717, 1.165) is 18.5 Å². The number of carbonyl (C=O) groups excluding carboxylic acids is 3. The van der Waals surface area contributed by atoms with E-state index in [4.69, 9.17) is 14.2 Å². The highest BCUT2D eigenvalue weighted by atomic mass is 16.6. The number of rotatable bonds is 7. The summed E-state index contributed by atoms with van der Waals surface area (Å²) < 4.78 is 15.8. The number of esters is 3. The molecule has 1 fully saturated rings. The highest BCUT2D eigenvalue weighted by Crippen LogP contribution is 2.32. The van der Waals surface area contributed by atoms with Crippen LogP contribution in [0.3, 0.4) is 0 Å². The summed E-state index contributed by atoms with van der Waals surface area (Å²) in [5.41, 5.74) is -1.10. The second-order valence-electron chi connectivity index (χ2n) is 7.46. The minimum Gasteiger partial charge on any atom is -0.460 e. The maximum atomic E-state index is 12.6. The van der Waals surface area contributed by atoms with Gasteiger partial charge in [0, 0.05) is 26.9 Å². The lowest BCUT2D eigenvalue weighted by molar-refractivity contribution is -0.192. The van der Waals surface area contributed by atoms with Gasteiger partial charge in [-0.1, -0.05) is 19.9 Å². The van der Waals surface area contributed by atoms with E-state index in [1.807, 2.05) is 6.08 Å². The van der Waals surface area contributed by atoms with Crippen LogP contribution in [0.4, 0.5) is 0 Å². The Hall–Kier alpha value is -1.93. The molecule has 8 nitrogen and oxygen atoms in total. The van der Waals surface area contributed by atoms with Crippen LogP contribution in [0.15, 0.2) is 11.6 Å². The van der Waals surface area contributed by atoms with Crippen molar-refractivity contribution in [1.82, 2.24) is 4.90 Å². The predicted molar refractivity (Wildman–Crippen MR) is 95.6 cm³/mol. The molecule has 0 radical (unpaired) electrons. The summed E-state index contributed by atoms with van der Waals surface area (Å²) in [7, 11) is 0. The van der Waals surface area contributed by atoms with E-state index in [9.17, 15) is 19.5 Å². The SMILES string of the molecule is CC(=O)O[C@@H](C)[C@](O)(C(=O)OCC1=CCN2CC[C@@H](OC(C)=O)[C@@H]12)C(C)C. The third-order valence-electron chi connectivity index (χ3n) is 5.27. The Labute approximate surface area is 159 Å². The lowest BCUT2D eigenvalue weighted by Gasteiger charge is -2.34. The van der Waals surface area contributed by atoms with Gasteiger partial charge < -0.3 is 19.3 Å². The molecule has 0 amide bonds. The molecule has 2 rings (SSSR count). The Morgan fingerprint density at radius 2 is 1.93 bits per heavy atom. The van der Waals surface area contributed by atoms with Gasteiger partial charge in [-0.25, -0.2) is 4.79 Å². The normalized spacial score (nSPS) is 25.4. The summed E-state index contributed by atoms with van der Waals surface area (Å²) in [6.45, 7) is 8.86. The van der Waals surface area contributed by atoms with E-state index in [1.165, 1.54) is 20.8 Å². The number of hydrogen-bond donors (Lipinski definition) is 1. The minimum absolute atomic E-state index is 0.0143. The van der Waals surface area contributed by atoms with Crippen LogP contribution in [-0.2, 0) is 28.6 Å². The van der Waals surface area contributed by atoms with Crippen LogP contribution in [0, 0.1) is 5.92 Å². The average Bonchev–Trinajstić information content (AvgIpc) is 3.13. The Morgan fingerprint density at radius 3 is 2.48 bits per heavy atom. The maximum absolute atomic E-state index is 12.6. The van der Waals surface area contributed by atoms with Gasteiger partial charge in [-0.05, 0) is 24.8 Å². The van der Waals surface area contributed by atoms with Gasteiger partial charge >= 0.3 is 17.9 Å². The van der Waals surface area contributed by atoms with E-state index < -0.39 is 29.6 Å². The predicted octanol–water partition coefficient (Wildman–Crippen LogP) is 0.814. The molecule has 1 N–H and O–H groups in total. The topological polar surface area (TPSA) is 102 Å². The van der Waals surface area contributed by atoms with Crippen molar-refractivity contribution in [3.63, 3.8) is 0 Å². The molecule has 2 aliphatic rings. The van der Waals surface area contributed by atoms with Crippen molar-refractivity contribution in [2.24, 2.45) is 5.92 Å². The zero-order chi connectivity index (χ0) is 20.4. The zero-order valence-corrected chi connectivity index (χ0v) is 16.6. The first-order chi connectivity index (χ1) is 12.6. The van der Waals surface area contributed by atoms with Crippen LogP contribution in [-0.4, -0.2) is 71.5 Å². The molecule has 8 heteroatoms. The van der Waals surface area contributed by atoms with E-state index in [-0.39, 0.29) is 24.7 Å². The van der Waals surface area contributed by atoms with Crippen LogP contribution in [0.5, 0.6) is 0 Å². The quantitative estimate of drug-likeness (QED) is 0.392. The van der Waals surface area contributed by atoms with Crippen LogP contribution >= 0.6 is 0 Å². The van der Waals surface area contributed by atoms with Crippen molar-refractivity contribution >= 4 is 17.9 Å². The molecule has 1 saturated heterocycles. The number of carbonyl (C=O) groups is 3. The fraction of sp³-hybridized carbons (Fsp3) is 0.737. The number of nitrogens with zero attached hydrogens (tertiary/aromatic N) is 1. The first-order valence-corrected chi connectivity index (χ1v) is 9.24. The van der Waals surface area contributed by atoms with E-state index >= 15 is 0 Å². The Balaban J connectivity index is 2.04. The summed E-state index contributed by atoms with van der Waals surface area (Å²) in [6.07, 6.45) is 1.38. The van der Waals surface area contributed by atoms with E-state index in [2.05, 4.69) is 4.90 Å². The zero-order valence-electron chi connectivity index (χ0n) is 16.6. The van der Waals surface area contributed by atoms with Gasteiger partial charge in [0.05, 0.1) is 6.04 Å². The highest BCUT2D eigenvalue weighted by Gasteiger charge is 2.49. The first kappa shape index (κ1) is 21.4. The minimum atomic E-state index is -1.95. The van der Waals surface area contributed by atoms with Crippen molar-refractivity contribution in [1.29, 1.82) is 0 Å². The molecule has 0 aliphatic carbocycles. The number of aliphatic hydroxyl groups is 1. The third kappa shape index (κ3) is 4.50. The van der Waals surface area contributed by atoms with Gasteiger partial charge in [-0.3, -0.25) is 14.5 Å². The standard InChI is InChI=1S/C19H29NO7/c1-11(2)19(24,12(3)26-13(4)21)18(23)25-10-15-6-8-20-9-7-16(17(15)20)27-14(5)22/h6,11-12,16-17,24H,7-10H2,1-5H3/t12-,16+,17+,19-/m0/s1. The molecular weight excluding hydrogens is 354 g/mol. The molecule has 0 unspecified atom stereocenters. The Kier molecular flexibility index (Phi) is 6.64. The smallest absolute Gasteiger partial charge is 0.342 e. The van der Waals surface area contributed by atoms with E-state index in [0.29, 0.717) is 6.54 Å². The van der Waals surface area contributed by atoms with Gasteiger partial charge in [-0.15, -0.1) is 0 Å². The fourth-order valence-corrected chi connectivity index (χ4v) is 3.81. The maximum Gasteiger partial charge on any atom is 0.342 e. The Morgan fingerprint density at radius 1 is 1.26 bits per heavy atom. The summed E-state index contributed by atoms with van der Waals surface area (Å²) in [5, 5.41) is 10.9. The van der Waals surface area contributed by atoms with E-state index in [1.54, 1.807) is 13.8 Å².